The van der Waals surface area contributed by atoms with Gasteiger partial charge >= 0.3 is 0 Å². The highest BCUT2D eigenvalue weighted by Gasteiger charge is 2.30. The van der Waals surface area contributed by atoms with Gasteiger partial charge in [0.2, 0.25) is 5.76 Å². The molecule has 100 valence electrons. The maximum absolute atomic E-state index is 12.5. The second-order valence-corrected chi connectivity index (χ2v) is 5.15. The van der Waals surface area contributed by atoms with Crippen molar-refractivity contribution in [1.82, 2.24) is 9.88 Å². The van der Waals surface area contributed by atoms with E-state index < -0.39 is 0 Å². The quantitative estimate of drug-likeness (QED) is 0.794. The fourth-order valence-corrected chi connectivity index (χ4v) is 2.81. The predicted octanol–water partition coefficient (Wildman–Crippen LogP) is 2.92. The number of alkyl halides is 1. The van der Waals surface area contributed by atoms with E-state index >= 15 is 0 Å². The summed E-state index contributed by atoms with van der Waals surface area (Å²) in [5.74, 6) is 1.47. The van der Waals surface area contributed by atoms with Crippen LogP contribution in [0.5, 0.6) is 0 Å². The average molecular weight is 271 g/mol. The largest absolute Gasteiger partial charge is 0.436 e. The molecule has 0 saturated carbocycles. The summed E-state index contributed by atoms with van der Waals surface area (Å²) >= 11 is 5.81. The fourth-order valence-electron chi connectivity index (χ4n) is 2.55. The van der Waals surface area contributed by atoms with Gasteiger partial charge in [-0.2, -0.15) is 0 Å². The van der Waals surface area contributed by atoms with Crippen LogP contribution in [0.3, 0.4) is 0 Å². The molecule has 1 amide bonds. The fraction of sp³-hybridized carbons (Fsp3) is 0.692. The summed E-state index contributed by atoms with van der Waals surface area (Å²) < 4.78 is 5.42. The standard InChI is InChI=1S/C13H19ClN2O2/c1-9-12(18-10(2)15-9)13(17)16-8-4-3-5-11(16)6-7-14/h11H,3-8H2,1-2H3. The van der Waals surface area contributed by atoms with Gasteiger partial charge in [-0.05, 0) is 32.6 Å². The number of likely N-dealkylation sites (tertiary alicyclic amines) is 1. The van der Waals surface area contributed by atoms with E-state index in [4.69, 9.17) is 16.0 Å². The summed E-state index contributed by atoms with van der Waals surface area (Å²) in [5, 5.41) is 0. The highest BCUT2D eigenvalue weighted by molar-refractivity contribution is 6.17. The highest BCUT2D eigenvalue weighted by Crippen LogP contribution is 2.23. The Labute approximate surface area is 112 Å². The lowest BCUT2D eigenvalue weighted by atomic mass is 9.99. The lowest BCUT2D eigenvalue weighted by Gasteiger charge is -2.35. The Morgan fingerprint density at radius 2 is 2.28 bits per heavy atom. The molecule has 1 unspecified atom stereocenters. The van der Waals surface area contributed by atoms with E-state index in [1.54, 1.807) is 6.92 Å². The molecule has 0 radical (unpaired) electrons. The molecule has 1 atom stereocenters. The van der Waals surface area contributed by atoms with Gasteiger partial charge in [-0.1, -0.05) is 0 Å². The van der Waals surface area contributed by atoms with Crippen molar-refractivity contribution in [2.45, 2.75) is 45.6 Å². The summed E-state index contributed by atoms with van der Waals surface area (Å²) in [6.07, 6.45) is 4.10. The summed E-state index contributed by atoms with van der Waals surface area (Å²) in [5.41, 5.74) is 0.674. The van der Waals surface area contributed by atoms with Gasteiger partial charge in [0.15, 0.2) is 5.89 Å². The molecule has 2 heterocycles. The van der Waals surface area contributed by atoms with Crippen LogP contribution in [0, 0.1) is 13.8 Å². The normalized spacial score (nSPS) is 20.2. The monoisotopic (exact) mass is 270 g/mol. The Hall–Kier alpha value is -1.03. The molecule has 5 heteroatoms. The van der Waals surface area contributed by atoms with Crippen molar-refractivity contribution in [1.29, 1.82) is 0 Å². The Morgan fingerprint density at radius 1 is 1.50 bits per heavy atom. The number of hydrogen-bond acceptors (Lipinski definition) is 3. The second kappa shape index (κ2) is 5.74. The van der Waals surface area contributed by atoms with Crippen LogP contribution in [0.4, 0.5) is 0 Å². The van der Waals surface area contributed by atoms with Crippen LogP contribution in [0.25, 0.3) is 0 Å². The zero-order chi connectivity index (χ0) is 13.1. The SMILES string of the molecule is Cc1nc(C)c(C(=O)N2CCCCC2CCCl)o1. The topological polar surface area (TPSA) is 46.3 Å². The van der Waals surface area contributed by atoms with Gasteiger partial charge in [0, 0.05) is 25.4 Å². The minimum absolute atomic E-state index is 0.0390. The first-order valence-corrected chi connectivity index (χ1v) is 6.98. The summed E-state index contributed by atoms with van der Waals surface area (Å²) in [6.45, 7) is 4.36. The van der Waals surface area contributed by atoms with Gasteiger partial charge in [-0.15, -0.1) is 11.6 Å². The van der Waals surface area contributed by atoms with Crippen molar-refractivity contribution < 1.29 is 9.21 Å². The number of rotatable bonds is 3. The van der Waals surface area contributed by atoms with Crippen LogP contribution < -0.4 is 0 Å². The molecule has 1 aromatic heterocycles. The van der Waals surface area contributed by atoms with Gasteiger partial charge in [0.05, 0.1) is 5.69 Å². The first kappa shape index (κ1) is 13.4. The second-order valence-electron chi connectivity index (χ2n) is 4.77. The van der Waals surface area contributed by atoms with Crippen LogP contribution in [-0.4, -0.2) is 34.3 Å². The molecule has 1 aliphatic heterocycles. The van der Waals surface area contributed by atoms with Gasteiger partial charge in [0.1, 0.15) is 0 Å². The molecule has 0 aliphatic carbocycles. The number of halogens is 1. The minimum atomic E-state index is -0.0390. The van der Waals surface area contributed by atoms with Crippen molar-refractivity contribution in [3.8, 4) is 0 Å². The third-order valence-electron chi connectivity index (χ3n) is 3.43. The van der Waals surface area contributed by atoms with E-state index in [0.29, 0.717) is 23.2 Å². The number of amides is 1. The maximum atomic E-state index is 12.5. The number of oxazole rings is 1. The van der Waals surface area contributed by atoms with Gasteiger partial charge < -0.3 is 9.32 Å². The number of carbonyl (C=O) groups excluding carboxylic acids is 1. The van der Waals surface area contributed by atoms with E-state index in [2.05, 4.69) is 4.98 Å². The van der Waals surface area contributed by atoms with Crippen LogP contribution in [0.2, 0.25) is 0 Å². The molecule has 0 N–H and O–H groups in total. The Morgan fingerprint density at radius 3 is 2.89 bits per heavy atom. The first-order chi connectivity index (χ1) is 8.63. The molecule has 18 heavy (non-hydrogen) atoms. The predicted molar refractivity (Wildman–Crippen MR) is 70.0 cm³/mol. The molecule has 0 spiro atoms. The molecule has 1 saturated heterocycles. The molecule has 0 bridgehead atoms. The van der Waals surface area contributed by atoms with Gasteiger partial charge in [-0.3, -0.25) is 4.79 Å². The van der Waals surface area contributed by atoms with Gasteiger partial charge in [-0.25, -0.2) is 4.98 Å². The third-order valence-corrected chi connectivity index (χ3v) is 3.65. The van der Waals surface area contributed by atoms with Crippen molar-refractivity contribution in [2.24, 2.45) is 0 Å². The van der Waals surface area contributed by atoms with E-state index in [9.17, 15) is 4.79 Å². The van der Waals surface area contributed by atoms with E-state index in [-0.39, 0.29) is 11.9 Å². The van der Waals surface area contributed by atoms with E-state index in [1.807, 2.05) is 11.8 Å². The summed E-state index contributed by atoms with van der Waals surface area (Å²) in [4.78, 5) is 18.5. The summed E-state index contributed by atoms with van der Waals surface area (Å²) in [6, 6.07) is 0.244. The maximum Gasteiger partial charge on any atom is 0.291 e. The average Bonchev–Trinajstić information content (AvgIpc) is 2.69. The molecule has 0 aromatic carbocycles. The number of hydrogen-bond donors (Lipinski definition) is 0. The Bertz CT molecular complexity index is 429. The zero-order valence-electron chi connectivity index (χ0n) is 10.9. The summed E-state index contributed by atoms with van der Waals surface area (Å²) in [7, 11) is 0. The third kappa shape index (κ3) is 2.69. The van der Waals surface area contributed by atoms with Crippen molar-refractivity contribution in [2.75, 3.05) is 12.4 Å². The van der Waals surface area contributed by atoms with E-state index in [1.165, 1.54) is 6.42 Å². The smallest absolute Gasteiger partial charge is 0.291 e. The number of piperidine rings is 1. The van der Waals surface area contributed by atoms with Crippen LogP contribution >= 0.6 is 11.6 Å². The van der Waals surface area contributed by atoms with Crippen LogP contribution in [0.1, 0.15) is 47.8 Å². The number of aryl methyl sites for hydroxylation is 2. The minimum Gasteiger partial charge on any atom is -0.436 e. The van der Waals surface area contributed by atoms with Crippen LogP contribution in [-0.2, 0) is 0 Å². The molecular weight excluding hydrogens is 252 g/mol. The number of aromatic nitrogens is 1. The van der Waals surface area contributed by atoms with Crippen molar-refractivity contribution in [3.05, 3.63) is 17.3 Å². The van der Waals surface area contributed by atoms with E-state index in [0.717, 1.165) is 25.8 Å². The first-order valence-electron chi connectivity index (χ1n) is 6.44. The lowest BCUT2D eigenvalue weighted by molar-refractivity contribution is 0.0574. The molecule has 1 fully saturated rings. The van der Waals surface area contributed by atoms with Crippen LogP contribution in [0.15, 0.2) is 4.42 Å². The molecule has 1 aromatic rings. The highest BCUT2D eigenvalue weighted by atomic mass is 35.5. The van der Waals surface area contributed by atoms with Crippen molar-refractivity contribution >= 4 is 17.5 Å². The van der Waals surface area contributed by atoms with Crippen molar-refractivity contribution in [3.63, 3.8) is 0 Å². The lowest BCUT2D eigenvalue weighted by Crippen LogP contribution is -2.44. The Kier molecular flexibility index (Phi) is 4.27. The molecule has 4 nitrogen and oxygen atoms in total. The molecule has 2 rings (SSSR count). The van der Waals surface area contributed by atoms with Gasteiger partial charge in [0.25, 0.3) is 5.91 Å². The molecular formula is C13H19ClN2O2. The number of carbonyl (C=O) groups is 1. The Balaban J connectivity index is 2.18. The molecule has 1 aliphatic rings. The zero-order valence-corrected chi connectivity index (χ0v) is 11.7. The number of nitrogens with zero attached hydrogens (tertiary/aromatic N) is 2.